The highest BCUT2D eigenvalue weighted by Gasteiger charge is 2.12. The summed E-state index contributed by atoms with van der Waals surface area (Å²) in [5.41, 5.74) is 9.69. The molecule has 3 rings (SSSR count). The lowest BCUT2D eigenvalue weighted by atomic mass is 10.0. The number of fused-ring (bicyclic) bond motifs is 3. The van der Waals surface area contributed by atoms with E-state index in [0.717, 1.165) is 19.4 Å². The predicted molar refractivity (Wildman–Crippen MR) is 91.8 cm³/mol. The van der Waals surface area contributed by atoms with Gasteiger partial charge in [-0.1, -0.05) is 24.3 Å². The van der Waals surface area contributed by atoms with Gasteiger partial charge in [-0.05, 0) is 63.4 Å². The zero-order chi connectivity index (χ0) is 14.8. The molecule has 2 N–H and O–H groups in total. The first-order valence-electron chi connectivity index (χ1n) is 7.94. The van der Waals surface area contributed by atoms with Crippen molar-refractivity contribution in [1.29, 1.82) is 0 Å². The molecule has 2 aromatic carbocycles. The molecule has 0 spiro atoms. The maximum atomic E-state index is 5.59. The number of unbranched alkanes of at least 4 members (excludes halogenated alkanes) is 1. The molecule has 0 aliphatic rings. The molecule has 2 heteroatoms. The molecule has 3 aromatic rings. The highest BCUT2D eigenvalue weighted by molar-refractivity contribution is 6.08. The fraction of sp³-hybridized carbons (Fsp3) is 0.368. The van der Waals surface area contributed by atoms with E-state index in [-0.39, 0.29) is 0 Å². The highest BCUT2D eigenvalue weighted by atomic mass is 15.0. The Balaban J connectivity index is 2.14. The summed E-state index contributed by atoms with van der Waals surface area (Å²) in [7, 11) is 0. The Morgan fingerprint density at radius 1 is 0.952 bits per heavy atom. The average Bonchev–Trinajstić information content (AvgIpc) is 2.81. The first-order valence-corrected chi connectivity index (χ1v) is 7.94. The maximum absolute atomic E-state index is 5.59. The average molecular weight is 280 g/mol. The van der Waals surface area contributed by atoms with E-state index < -0.39 is 0 Å². The van der Waals surface area contributed by atoms with Gasteiger partial charge in [0.15, 0.2) is 0 Å². The number of para-hydroxylation sites is 1. The summed E-state index contributed by atoms with van der Waals surface area (Å²) in [5.74, 6) is 0. The standard InChI is InChI=1S/C19H24N2/c1-14(2)21-18-9-4-3-8-16(18)17-13-15(7-5-6-12-20)10-11-19(17)21/h3-4,8-11,13-14H,5-7,12,20H2,1-2H3. The van der Waals surface area contributed by atoms with Crippen LogP contribution in [0.25, 0.3) is 21.8 Å². The van der Waals surface area contributed by atoms with Crippen molar-refractivity contribution in [3.05, 3.63) is 48.0 Å². The second-order valence-electron chi connectivity index (χ2n) is 6.08. The van der Waals surface area contributed by atoms with Crippen molar-refractivity contribution in [2.45, 2.75) is 39.2 Å². The van der Waals surface area contributed by atoms with Crippen LogP contribution in [-0.4, -0.2) is 11.1 Å². The summed E-state index contributed by atoms with van der Waals surface area (Å²) in [6, 6.07) is 16.1. The minimum absolute atomic E-state index is 0.468. The van der Waals surface area contributed by atoms with Crippen LogP contribution >= 0.6 is 0 Å². The van der Waals surface area contributed by atoms with E-state index in [0.29, 0.717) is 6.04 Å². The Labute approximate surface area is 126 Å². The quantitative estimate of drug-likeness (QED) is 0.677. The van der Waals surface area contributed by atoms with Crippen LogP contribution in [0.15, 0.2) is 42.5 Å². The normalized spacial score (nSPS) is 11.8. The smallest absolute Gasteiger partial charge is 0.0493 e. The fourth-order valence-electron chi connectivity index (χ4n) is 3.24. The predicted octanol–water partition coefficient (Wildman–Crippen LogP) is 4.66. The van der Waals surface area contributed by atoms with Crippen molar-refractivity contribution >= 4 is 21.8 Å². The van der Waals surface area contributed by atoms with E-state index in [1.54, 1.807) is 0 Å². The molecule has 0 aliphatic heterocycles. The lowest BCUT2D eigenvalue weighted by Crippen LogP contribution is -2.00. The third kappa shape index (κ3) is 2.56. The first kappa shape index (κ1) is 14.2. The summed E-state index contributed by atoms with van der Waals surface area (Å²) in [6.07, 6.45) is 3.39. The molecule has 0 saturated carbocycles. The molecule has 110 valence electrons. The molecule has 21 heavy (non-hydrogen) atoms. The van der Waals surface area contributed by atoms with Gasteiger partial charge in [-0.2, -0.15) is 0 Å². The van der Waals surface area contributed by atoms with Crippen molar-refractivity contribution in [3.8, 4) is 0 Å². The molecular formula is C19H24N2. The van der Waals surface area contributed by atoms with Crippen molar-refractivity contribution in [3.63, 3.8) is 0 Å². The van der Waals surface area contributed by atoms with Gasteiger partial charge in [-0.3, -0.25) is 0 Å². The summed E-state index contributed by atoms with van der Waals surface area (Å²) in [6.45, 7) is 5.29. The molecule has 1 aromatic heterocycles. The summed E-state index contributed by atoms with van der Waals surface area (Å²) < 4.78 is 2.44. The van der Waals surface area contributed by atoms with E-state index in [2.05, 4.69) is 60.9 Å². The number of hydrogen-bond donors (Lipinski definition) is 1. The van der Waals surface area contributed by atoms with Gasteiger partial charge in [-0.15, -0.1) is 0 Å². The van der Waals surface area contributed by atoms with Crippen LogP contribution in [0.4, 0.5) is 0 Å². The molecule has 0 atom stereocenters. The van der Waals surface area contributed by atoms with Gasteiger partial charge in [0, 0.05) is 27.8 Å². The van der Waals surface area contributed by atoms with Gasteiger partial charge in [0.2, 0.25) is 0 Å². The monoisotopic (exact) mass is 280 g/mol. The highest BCUT2D eigenvalue weighted by Crippen LogP contribution is 2.32. The largest absolute Gasteiger partial charge is 0.338 e. The molecule has 0 bridgehead atoms. The molecule has 0 aliphatic carbocycles. The van der Waals surface area contributed by atoms with Gasteiger partial charge < -0.3 is 10.3 Å². The first-order chi connectivity index (χ1) is 10.2. The van der Waals surface area contributed by atoms with Crippen LogP contribution in [0.3, 0.4) is 0 Å². The molecular weight excluding hydrogens is 256 g/mol. The van der Waals surface area contributed by atoms with Crippen LogP contribution in [-0.2, 0) is 6.42 Å². The van der Waals surface area contributed by atoms with E-state index in [1.165, 1.54) is 33.8 Å². The second kappa shape index (κ2) is 5.90. The topological polar surface area (TPSA) is 30.9 Å². The Kier molecular flexibility index (Phi) is 3.98. The van der Waals surface area contributed by atoms with Gasteiger partial charge in [0.25, 0.3) is 0 Å². The lowest BCUT2D eigenvalue weighted by Gasteiger charge is -2.11. The van der Waals surface area contributed by atoms with E-state index in [9.17, 15) is 0 Å². The Morgan fingerprint density at radius 3 is 2.48 bits per heavy atom. The van der Waals surface area contributed by atoms with E-state index >= 15 is 0 Å². The number of aromatic nitrogens is 1. The van der Waals surface area contributed by atoms with Gasteiger partial charge >= 0.3 is 0 Å². The second-order valence-corrected chi connectivity index (χ2v) is 6.08. The number of nitrogens with zero attached hydrogens (tertiary/aromatic N) is 1. The minimum atomic E-state index is 0.468. The number of rotatable bonds is 5. The maximum Gasteiger partial charge on any atom is 0.0493 e. The van der Waals surface area contributed by atoms with Crippen molar-refractivity contribution < 1.29 is 0 Å². The van der Waals surface area contributed by atoms with Gasteiger partial charge in [0.1, 0.15) is 0 Å². The van der Waals surface area contributed by atoms with Crippen molar-refractivity contribution in [2.24, 2.45) is 5.73 Å². The van der Waals surface area contributed by atoms with Crippen LogP contribution in [0.1, 0.15) is 38.3 Å². The molecule has 0 saturated heterocycles. The Bertz CT molecular complexity index is 753. The number of nitrogens with two attached hydrogens (primary N) is 1. The summed E-state index contributed by atoms with van der Waals surface area (Å²) >= 11 is 0. The van der Waals surface area contributed by atoms with Crippen LogP contribution in [0.5, 0.6) is 0 Å². The van der Waals surface area contributed by atoms with E-state index in [4.69, 9.17) is 5.73 Å². The Morgan fingerprint density at radius 2 is 1.71 bits per heavy atom. The van der Waals surface area contributed by atoms with Crippen molar-refractivity contribution in [1.82, 2.24) is 4.57 Å². The number of aryl methyl sites for hydroxylation is 1. The zero-order valence-corrected chi connectivity index (χ0v) is 13.0. The Hall–Kier alpha value is -1.80. The van der Waals surface area contributed by atoms with E-state index in [1.807, 2.05) is 0 Å². The number of hydrogen-bond acceptors (Lipinski definition) is 1. The third-order valence-corrected chi connectivity index (χ3v) is 4.21. The molecule has 0 amide bonds. The summed E-state index contributed by atoms with van der Waals surface area (Å²) in [5, 5.41) is 2.74. The lowest BCUT2D eigenvalue weighted by molar-refractivity contribution is 0.642. The SMILES string of the molecule is CC(C)n1c2ccccc2c2cc(CCCCN)ccc21. The summed E-state index contributed by atoms with van der Waals surface area (Å²) in [4.78, 5) is 0. The molecule has 0 unspecified atom stereocenters. The van der Waals surface area contributed by atoms with Gasteiger partial charge in [-0.25, -0.2) is 0 Å². The molecule has 0 radical (unpaired) electrons. The number of benzene rings is 2. The zero-order valence-electron chi connectivity index (χ0n) is 13.0. The third-order valence-electron chi connectivity index (χ3n) is 4.21. The molecule has 1 heterocycles. The minimum Gasteiger partial charge on any atom is -0.338 e. The molecule has 2 nitrogen and oxygen atoms in total. The van der Waals surface area contributed by atoms with Crippen molar-refractivity contribution in [2.75, 3.05) is 6.54 Å². The van der Waals surface area contributed by atoms with Gasteiger partial charge in [0.05, 0.1) is 0 Å². The fourth-order valence-corrected chi connectivity index (χ4v) is 3.24. The molecule has 0 fully saturated rings. The van der Waals surface area contributed by atoms with Crippen LogP contribution in [0.2, 0.25) is 0 Å². The van der Waals surface area contributed by atoms with Crippen LogP contribution < -0.4 is 5.73 Å². The van der Waals surface area contributed by atoms with Crippen LogP contribution in [0, 0.1) is 0 Å².